The normalized spacial score (nSPS) is 10.1. The highest BCUT2D eigenvalue weighted by molar-refractivity contribution is 5.71. The maximum atomic E-state index is 12.7. The summed E-state index contributed by atoms with van der Waals surface area (Å²) >= 11 is 0. The first-order valence-electron chi connectivity index (χ1n) is 4.74. The zero-order chi connectivity index (χ0) is 11.5. The molecule has 0 radical (unpaired) electrons. The van der Waals surface area contributed by atoms with Crippen LogP contribution in [0.25, 0.3) is 0 Å². The number of nitrogen functional groups attached to an aromatic ring is 2. The molecular formula is C12H11FN2O. The Labute approximate surface area is 92.4 Å². The van der Waals surface area contributed by atoms with Gasteiger partial charge in [-0.15, -0.1) is 0 Å². The van der Waals surface area contributed by atoms with Gasteiger partial charge in [0.15, 0.2) is 5.75 Å². The number of rotatable bonds is 2. The standard InChI is InChI=1S/C12H11FN2O/c13-8-4-6-9(7-5-8)16-11-3-1-2-10(14)12(11)15/h1-7H,14-15H2. The van der Waals surface area contributed by atoms with Crippen LogP contribution in [0.5, 0.6) is 11.5 Å². The number of ether oxygens (including phenoxy) is 1. The maximum absolute atomic E-state index is 12.7. The summed E-state index contributed by atoms with van der Waals surface area (Å²) in [7, 11) is 0. The van der Waals surface area contributed by atoms with Crippen LogP contribution in [-0.4, -0.2) is 0 Å². The first-order chi connectivity index (χ1) is 7.66. The van der Waals surface area contributed by atoms with E-state index in [0.29, 0.717) is 22.9 Å². The van der Waals surface area contributed by atoms with E-state index in [9.17, 15) is 4.39 Å². The number of hydrogen-bond donors (Lipinski definition) is 2. The summed E-state index contributed by atoms with van der Waals surface area (Å²) in [4.78, 5) is 0. The van der Waals surface area contributed by atoms with Crippen LogP contribution in [-0.2, 0) is 0 Å². The number of halogens is 1. The van der Waals surface area contributed by atoms with Gasteiger partial charge in [-0.2, -0.15) is 0 Å². The van der Waals surface area contributed by atoms with Crippen LogP contribution in [0.15, 0.2) is 42.5 Å². The van der Waals surface area contributed by atoms with Gasteiger partial charge >= 0.3 is 0 Å². The second kappa shape index (κ2) is 4.10. The van der Waals surface area contributed by atoms with Crippen LogP contribution in [0.3, 0.4) is 0 Å². The smallest absolute Gasteiger partial charge is 0.152 e. The molecule has 2 rings (SSSR count). The highest BCUT2D eigenvalue weighted by Gasteiger charge is 2.04. The van der Waals surface area contributed by atoms with Gasteiger partial charge < -0.3 is 16.2 Å². The lowest BCUT2D eigenvalue weighted by molar-refractivity contribution is 0.483. The van der Waals surface area contributed by atoms with Gasteiger partial charge in [0.2, 0.25) is 0 Å². The van der Waals surface area contributed by atoms with Gasteiger partial charge in [-0.1, -0.05) is 6.07 Å². The zero-order valence-electron chi connectivity index (χ0n) is 8.48. The van der Waals surface area contributed by atoms with Gasteiger partial charge in [0, 0.05) is 0 Å². The quantitative estimate of drug-likeness (QED) is 0.762. The minimum atomic E-state index is -0.312. The second-order valence-electron chi connectivity index (χ2n) is 3.32. The fourth-order valence-corrected chi connectivity index (χ4v) is 1.28. The molecule has 0 bridgehead atoms. The molecule has 0 heterocycles. The Morgan fingerprint density at radius 3 is 2.31 bits per heavy atom. The Hall–Kier alpha value is -2.23. The molecule has 0 fully saturated rings. The van der Waals surface area contributed by atoms with Crippen molar-refractivity contribution in [1.82, 2.24) is 0 Å². The molecule has 0 amide bonds. The number of para-hydroxylation sites is 1. The molecule has 0 aromatic heterocycles. The molecule has 2 aromatic carbocycles. The number of benzene rings is 2. The number of nitrogens with two attached hydrogens (primary N) is 2. The maximum Gasteiger partial charge on any atom is 0.152 e. The largest absolute Gasteiger partial charge is 0.455 e. The first-order valence-corrected chi connectivity index (χ1v) is 4.74. The Kier molecular flexibility index (Phi) is 2.64. The third kappa shape index (κ3) is 2.06. The van der Waals surface area contributed by atoms with Crippen molar-refractivity contribution in [2.45, 2.75) is 0 Å². The first kappa shape index (κ1) is 10.3. The molecule has 0 aliphatic rings. The number of hydrogen-bond acceptors (Lipinski definition) is 3. The van der Waals surface area contributed by atoms with E-state index in [0.717, 1.165) is 0 Å². The van der Waals surface area contributed by atoms with Crippen LogP contribution in [0.4, 0.5) is 15.8 Å². The molecule has 4 heteroatoms. The Morgan fingerprint density at radius 1 is 0.938 bits per heavy atom. The highest BCUT2D eigenvalue weighted by atomic mass is 19.1. The lowest BCUT2D eigenvalue weighted by Gasteiger charge is -2.09. The Bertz CT molecular complexity index is 497. The van der Waals surface area contributed by atoms with Gasteiger partial charge in [-0.3, -0.25) is 0 Å². The topological polar surface area (TPSA) is 61.3 Å². The van der Waals surface area contributed by atoms with E-state index in [1.165, 1.54) is 24.3 Å². The molecule has 0 atom stereocenters. The third-order valence-corrected chi connectivity index (χ3v) is 2.14. The molecule has 0 spiro atoms. The Balaban J connectivity index is 2.27. The van der Waals surface area contributed by atoms with E-state index >= 15 is 0 Å². The highest BCUT2D eigenvalue weighted by Crippen LogP contribution is 2.31. The van der Waals surface area contributed by atoms with E-state index in [1.54, 1.807) is 18.2 Å². The van der Waals surface area contributed by atoms with Crippen LogP contribution in [0, 0.1) is 5.82 Å². The minimum absolute atomic E-state index is 0.312. The molecule has 0 unspecified atom stereocenters. The second-order valence-corrected chi connectivity index (χ2v) is 3.32. The van der Waals surface area contributed by atoms with Crippen molar-refractivity contribution in [1.29, 1.82) is 0 Å². The van der Waals surface area contributed by atoms with Crippen molar-refractivity contribution < 1.29 is 9.13 Å². The van der Waals surface area contributed by atoms with Crippen LogP contribution in [0.1, 0.15) is 0 Å². The fourth-order valence-electron chi connectivity index (χ4n) is 1.28. The van der Waals surface area contributed by atoms with Gasteiger partial charge in [-0.05, 0) is 36.4 Å². The van der Waals surface area contributed by atoms with Crippen molar-refractivity contribution in [3.63, 3.8) is 0 Å². The summed E-state index contributed by atoms with van der Waals surface area (Å²) in [6.45, 7) is 0. The van der Waals surface area contributed by atoms with Crippen LogP contribution < -0.4 is 16.2 Å². The van der Waals surface area contributed by atoms with E-state index in [-0.39, 0.29) is 5.82 Å². The zero-order valence-corrected chi connectivity index (χ0v) is 8.48. The van der Waals surface area contributed by atoms with E-state index in [1.807, 2.05) is 0 Å². The average Bonchev–Trinajstić information content (AvgIpc) is 2.28. The molecule has 0 saturated carbocycles. The summed E-state index contributed by atoms with van der Waals surface area (Å²) < 4.78 is 18.1. The van der Waals surface area contributed by atoms with Crippen molar-refractivity contribution in [2.24, 2.45) is 0 Å². The van der Waals surface area contributed by atoms with E-state index < -0.39 is 0 Å². The summed E-state index contributed by atoms with van der Waals surface area (Å²) in [5.74, 6) is 0.665. The molecule has 82 valence electrons. The fraction of sp³-hybridized carbons (Fsp3) is 0. The number of anilines is 2. The lowest BCUT2D eigenvalue weighted by Crippen LogP contribution is -1.97. The Morgan fingerprint density at radius 2 is 1.62 bits per heavy atom. The van der Waals surface area contributed by atoms with Gasteiger partial charge in [0.25, 0.3) is 0 Å². The predicted molar refractivity (Wildman–Crippen MR) is 61.7 cm³/mol. The molecule has 3 nitrogen and oxygen atoms in total. The summed E-state index contributed by atoms with van der Waals surface area (Å²) in [5.41, 5.74) is 12.2. The summed E-state index contributed by atoms with van der Waals surface area (Å²) in [5, 5.41) is 0. The molecule has 4 N–H and O–H groups in total. The van der Waals surface area contributed by atoms with Crippen molar-refractivity contribution in [3.8, 4) is 11.5 Å². The monoisotopic (exact) mass is 218 g/mol. The van der Waals surface area contributed by atoms with Crippen LogP contribution in [0.2, 0.25) is 0 Å². The molecule has 16 heavy (non-hydrogen) atoms. The summed E-state index contributed by atoms with van der Waals surface area (Å²) in [6, 6.07) is 10.8. The van der Waals surface area contributed by atoms with E-state index in [4.69, 9.17) is 16.2 Å². The predicted octanol–water partition coefficient (Wildman–Crippen LogP) is 2.78. The summed E-state index contributed by atoms with van der Waals surface area (Å²) in [6.07, 6.45) is 0. The SMILES string of the molecule is Nc1cccc(Oc2ccc(F)cc2)c1N. The molecule has 0 aliphatic carbocycles. The third-order valence-electron chi connectivity index (χ3n) is 2.14. The van der Waals surface area contributed by atoms with E-state index in [2.05, 4.69) is 0 Å². The average molecular weight is 218 g/mol. The molecular weight excluding hydrogens is 207 g/mol. The van der Waals surface area contributed by atoms with Crippen LogP contribution >= 0.6 is 0 Å². The molecule has 0 saturated heterocycles. The van der Waals surface area contributed by atoms with Gasteiger partial charge in [0.1, 0.15) is 11.6 Å². The van der Waals surface area contributed by atoms with Crippen molar-refractivity contribution >= 4 is 11.4 Å². The molecule has 2 aromatic rings. The molecule has 0 aliphatic heterocycles. The minimum Gasteiger partial charge on any atom is -0.455 e. The van der Waals surface area contributed by atoms with Gasteiger partial charge in [-0.25, -0.2) is 4.39 Å². The van der Waals surface area contributed by atoms with Gasteiger partial charge in [0.05, 0.1) is 11.4 Å². The van der Waals surface area contributed by atoms with Crippen molar-refractivity contribution in [2.75, 3.05) is 11.5 Å². The lowest BCUT2D eigenvalue weighted by atomic mass is 10.2. The van der Waals surface area contributed by atoms with Crippen molar-refractivity contribution in [3.05, 3.63) is 48.3 Å².